The number of nitrogens with zero attached hydrogens (tertiary/aromatic N) is 6. The van der Waals surface area contributed by atoms with E-state index < -0.39 is 128 Å². The molecule has 0 bridgehead atoms. The summed E-state index contributed by atoms with van der Waals surface area (Å²) in [6.07, 6.45) is -5.02. The molecule has 0 spiro atoms. The summed E-state index contributed by atoms with van der Waals surface area (Å²) < 4.78 is 109. The molecule has 0 aromatic carbocycles. The third-order valence-corrected chi connectivity index (χ3v) is 25.4. The van der Waals surface area contributed by atoms with Gasteiger partial charge in [-0.3, -0.25) is 66.5 Å². The van der Waals surface area contributed by atoms with Gasteiger partial charge in [0.25, 0.3) is 11.1 Å². The molecular weight excluding hydrogens is 1100 g/mol. The van der Waals surface area contributed by atoms with E-state index in [2.05, 4.69) is 66.9 Å². The maximum Gasteiger partial charge on any atom is 0.475 e. The van der Waals surface area contributed by atoms with Gasteiger partial charge < -0.3 is 27.8 Å². The number of rotatable bonds is 18. The Bertz CT molecular complexity index is 2910. The van der Waals surface area contributed by atoms with Crippen molar-refractivity contribution in [2.45, 2.75) is 127 Å². The Morgan fingerprint density at radius 3 is 1.36 bits per heavy atom. The Balaban J connectivity index is 1.36. The molecule has 3 aliphatic heterocycles. The lowest BCUT2D eigenvalue weighted by Crippen LogP contribution is -2.50. The first-order valence-electron chi connectivity index (χ1n) is 24.6. The fourth-order valence-electron chi connectivity index (χ4n) is 7.66. The highest BCUT2D eigenvalue weighted by molar-refractivity contribution is 7.48. The molecule has 0 saturated carbocycles. The number of aromatic amines is 2. The minimum Gasteiger partial charge on any atom is -0.445 e. The van der Waals surface area contributed by atoms with E-state index in [4.69, 9.17) is 54.9 Å². The first-order chi connectivity index (χ1) is 36.6. The number of hydrogen-bond acceptors (Lipinski definition) is 22. The summed E-state index contributed by atoms with van der Waals surface area (Å²) in [5, 5.41) is 3.82. The van der Waals surface area contributed by atoms with E-state index in [-0.39, 0.29) is 60.7 Å². The van der Waals surface area contributed by atoms with Gasteiger partial charge in [-0.2, -0.15) is 9.97 Å². The van der Waals surface area contributed by atoms with Crippen LogP contribution in [-0.2, 0) is 64.1 Å². The molecule has 10 atom stereocenters. The highest BCUT2D eigenvalue weighted by Gasteiger charge is 2.59. The molecule has 7 rings (SSSR count). The van der Waals surface area contributed by atoms with Gasteiger partial charge in [-0.15, -0.1) is 13.2 Å². The average molecular weight is 1170 g/mol. The lowest BCUT2D eigenvalue weighted by atomic mass is 10.1. The van der Waals surface area contributed by atoms with Crippen LogP contribution in [-0.4, -0.2) is 144 Å². The van der Waals surface area contributed by atoms with Crippen LogP contribution < -0.4 is 21.8 Å². The number of phosphoric ester groups is 2. The van der Waals surface area contributed by atoms with Crippen molar-refractivity contribution in [1.29, 1.82) is 0 Å². The molecule has 4 aromatic heterocycles. The molecule has 28 nitrogen and oxygen atoms in total. The number of hydrogen-bond donors (Lipinski definition) is 4. The second-order valence-corrected chi connectivity index (χ2v) is 33.9. The molecule has 3 saturated heterocycles. The largest absolute Gasteiger partial charge is 0.475 e. The normalized spacial score (nSPS) is 27.2. The molecular formula is C46H68N10O18P2Si2. The van der Waals surface area contributed by atoms with Gasteiger partial charge >= 0.3 is 27.8 Å². The van der Waals surface area contributed by atoms with Crippen LogP contribution in [0.2, 0.25) is 36.3 Å². The zero-order chi connectivity index (χ0) is 57.2. The second-order valence-electron chi connectivity index (χ2n) is 21.1. The van der Waals surface area contributed by atoms with Crippen molar-refractivity contribution in [3.8, 4) is 0 Å². The average Bonchev–Trinajstić information content (AvgIpc) is 4.18. The number of ether oxygens (including phenoxy) is 4. The number of aromatic nitrogens is 8. The molecule has 7 heterocycles. The van der Waals surface area contributed by atoms with Crippen molar-refractivity contribution < 1.29 is 73.7 Å². The van der Waals surface area contributed by atoms with Crippen molar-refractivity contribution in [3.63, 3.8) is 0 Å². The van der Waals surface area contributed by atoms with Gasteiger partial charge in [0, 0.05) is 0 Å². The van der Waals surface area contributed by atoms with Crippen LogP contribution in [0.5, 0.6) is 0 Å². The summed E-state index contributed by atoms with van der Waals surface area (Å²) in [7, 11) is -15.7. The van der Waals surface area contributed by atoms with E-state index in [1.807, 2.05) is 67.7 Å². The molecule has 78 heavy (non-hydrogen) atoms. The Hall–Kier alpha value is -5.31. The Kier molecular flexibility index (Phi) is 18.4. The molecule has 428 valence electrons. The van der Waals surface area contributed by atoms with E-state index in [0.29, 0.717) is 0 Å². The van der Waals surface area contributed by atoms with Crippen LogP contribution in [0.15, 0.2) is 72.9 Å². The first kappa shape index (κ1) is 60.3. The third kappa shape index (κ3) is 13.3. The monoisotopic (exact) mass is 1170 g/mol. The molecule has 3 fully saturated rings. The molecule has 2 amide bonds. The zero-order valence-corrected chi connectivity index (χ0v) is 48.9. The van der Waals surface area contributed by atoms with Gasteiger partial charge in [-0.05, 0) is 36.3 Å². The minimum absolute atomic E-state index is 0.0909. The highest BCUT2D eigenvalue weighted by atomic mass is 31.2. The number of carbonyl (C=O) groups excluding carboxylic acids is 2. The van der Waals surface area contributed by atoms with Gasteiger partial charge in [0.2, 0.25) is 11.9 Å². The number of imidazole rings is 2. The summed E-state index contributed by atoms with van der Waals surface area (Å²) in [5.41, 5.74) is -1.99. The molecule has 2 unspecified atom stereocenters. The quantitative estimate of drug-likeness (QED) is 0.0420. The summed E-state index contributed by atoms with van der Waals surface area (Å²) in [4.78, 5) is 74.6. The predicted molar refractivity (Wildman–Crippen MR) is 288 cm³/mol. The van der Waals surface area contributed by atoms with Crippen molar-refractivity contribution in [3.05, 3.63) is 84.0 Å². The van der Waals surface area contributed by atoms with Gasteiger partial charge in [-0.1, -0.05) is 79.0 Å². The number of nitrogens with one attached hydrogen (secondary N) is 4. The zero-order valence-electron chi connectivity index (χ0n) is 45.1. The number of H-pyrrole nitrogens is 2. The van der Waals surface area contributed by atoms with Crippen LogP contribution in [0.4, 0.5) is 21.5 Å². The summed E-state index contributed by atoms with van der Waals surface area (Å²) in [6, 6.07) is 0. The van der Waals surface area contributed by atoms with Crippen molar-refractivity contribution in [2.75, 3.05) is 50.3 Å². The Labute approximate surface area is 451 Å². The van der Waals surface area contributed by atoms with Crippen molar-refractivity contribution >= 4 is 78.7 Å². The molecule has 3 aliphatic rings. The second kappa shape index (κ2) is 23.8. The maximum absolute atomic E-state index is 15.4. The number of anilines is 2. The first-order valence-corrected chi connectivity index (χ1v) is 33.4. The standard InChI is InChI=1S/C46H68N10O18P2Si2/c1-15-19-63-43(59)53-41-49-35-29(37(57)51-41)47-25-55(35)39-33(73-77(11,12)45(5,6)7)31-27(69-39)23-67-76(62,66-22-18-4)72-32-28(24-68-75(61,71-31)65-21-17-3)70-40(34(32)74-78(13,14)46(8,9)10)56-26-48-30-36(56)50-42(52-38(30)58)54-44(60)64-20-16-2/h15-18,25-28,31-34,39-40H,1-4,19-24H2,5-14H3,(H2,49,51,53,57,59)(H2,50,52,54,58,60)/t27-,28-,31-,32-,33-,34-,39-,40-,75?,76?/m1/s1. The third-order valence-electron chi connectivity index (χ3n) is 13.6. The smallest absolute Gasteiger partial charge is 0.445 e. The van der Waals surface area contributed by atoms with Crippen molar-refractivity contribution in [2.24, 2.45) is 0 Å². The predicted octanol–water partition coefficient (Wildman–Crippen LogP) is 7.74. The minimum atomic E-state index is -4.88. The van der Waals surface area contributed by atoms with Crippen LogP contribution in [0.25, 0.3) is 22.3 Å². The molecule has 0 radical (unpaired) electrons. The molecule has 0 aliphatic carbocycles. The number of phosphoric acid groups is 2. The van der Waals surface area contributed by atoms with E-state index in [9.17, 15) is 19.2 Å². The fourth-order valence-corrected chi connectivity index (χ4v) is 13.0. The number of fused-ring (bicyclic) bond motifs is 4. The van der Waals surface area contributed by atoms with Crippen LogP contribution in [0, 0.1) is 0 Å². The summed E-state index contributed by atoms with van der Waals surface area (Å²) >= 11 is 0. The molecule has 4 N–H and O–H groups in total. The maximum atomic E-state index is 15.4. The lowest BCUT2D eigenvalue weighted by Gasteiger charge is -2.41. The van der Waals surface area contributed by atoms with E-state index in [0.717, 1.165) is 0 Å². The highest BCUT2D eigenvalue weighted by Crippen LogP contribution is 2.59. The van der Waals surface area contributed by atoms with Crippen LogP contribution >= 0.6 is 15.6 Å². The van der Waals surface area contributed by atoms with Gasteiger partial charge in [-0.25, -0.2) is 28.7 Å². The summed E-state index contributed by atoms with van der Waals surface area (Å²) in [6.45, 7) is 31.9. The number of amides is 2. The summed E-state index contributed by atoms with van der Waals surface area (Å²) in [5.74, 6) is -0.606. The molecule has 4 aromatic rings. The lowest BCUT2D eigenvalue weighted by molar-refractivity contribution is -0.0696. The van der Waals surface area contributed by atoms with Gasteiger partial charge in [0.15, 0.2) is 51.4 Å². The number of carbonyl (C=O) groups is 2. The molecule has 32 heteroatoms. The fraction of sp³-hybridized carbons (Fsp3) is 0.565. The topological polar surface area (TPSA) is 330 Å². The van der Waals surface area contributed by atoms with Crippen LogP contribution in [0.3, 0.4) is 0 Å². The van der Waals surface area contributed by atoms with Gasteiger partial charge in [0.05, 0.1) is 39.1 Å². The van der Waals surface area contributed by atoms with Gasteiger partial charge in [0.1, 0.15) is 49.8 Å². The Morgan fingerprint density at radius 2 is 1.03 bits per heavy atom. The van der Waals surface area contributed by atoms with Crippen LogP contribution in [0.1, 0.15) is 54.0 Å². The van der Waals surface area contributed by atoms with E-state index in [1.54, 1.807) is 0 Å². The van der Waals surface area contributed by atoms with E-state index >= 15 is 9.13 Å². The SMILES string of the molecule is C=CCOC(=O)Nc1nc2c(ncn2[C@@H]2O[C@@H]3COP(=O)(OCC=C)O[C@H]4[C@@H](O[Si](C)(C)C(C)(C)C)[C@H](n5cnc6c(=O)[nH]c(NC(=O)OCC=C)nc65)O[C@@H]4COP(=O)(OCC=C)O[C@H]3[C@H]2O[Si](C)(C)C(C)(C)C)c(=O)[nH]1. The Morgan fingerprint density at radius 1 is 0.667 bits per heavy atom. The van der Waals surface area contributed by atoms with E-state index in [1.165, 1.54) is 46.1 Å². The van der Waals surface area contributed by atoms with Crippen molar-refractivity contribution in [1.82, 2.24) is 39.0 Å².